The minimum Gasteiger partial charge on any atom is -0.310 e. The Morgan fingerprint density at radius 1 is 1.44 bits per heavy atom. The largest absolute Gasteiger partial charge is 0.310 e. The lowest BCUT2D eigenvalue weighted by atomic mass is 9.87. The molecule has 1 atom stereocenters. The molecule has 0 aliphatic heterocycles. The van der Waals surface area contributed by atoms with Gasteiger partial charge in [0.15, 0.2) is 0 Å². The van der Waals surface area contributed by atoms with Gasteiger partial charge in [0, 0.05) is 6.04 Å². The third-order valence-corrected chi connectivity index (χ3v) is 4.15. The zero-order valence-electron chi connectivity index (χ0n) is 10.6. The van der Waals surface area contributed by atoms with Crippen LogP contribution in [-0.2, 0) is 0 Å². The van der Waals surface area contributed by atoms with Crippen LogP contribution in [0, 0.1) is 5.41 Å². The van der Waals surface area contributed by atoms with Crippen LogP contribution in [0.25, 0.3) is 0 Å². The van der Waals surface area contributed by atoms with E-state index in [1.807, 2.05) is 0 Å². The number of halogens is 1. The van der Waals surface area contributed by atoms with Crippen LogP contribution in [0.1, 0.15) is 52.1 Å². The van der Waals surface area contributed by atoms with Crippen molar-refractivity contribution in [2.75, 3.05) is 6.54 Å². The van der Waals surface area contributed by atoms with Crippen LogP contribution in [0.5, 0.6) is 0 Å². The molecule has 0 aliphatic carbocycles. The summed E-state index contributed by atoms with van der Waals surface area (Å²) in [5.74, 6) is 0. The highest BCUT2D eigenvalue weighted by atomic mass is 79.9. The molecule has 0 aromatic carbocycles. The van der Waals surface area contributed by atoms with E-state index in [4.69, 9.17) is 0 Å². The fourth-order valence-electron chi connectivity index (χ4n) is 1.72. The van der Waals surface area contributed by atoms with Crippen LogP contribution in [0.15, 0.2) is 15.2 Å². The van der Waals surface area contributed by atoms with Gasteiger partial charge in [-0.2, -0.15) is 0 Å². The number of thiophene rings is 1. The Morgan fingerprint density at radius 3 is 2.56 bits per heavy atom. The van der Waals surface area contributed by atoms with Gasteiger partial charge in [0.25, 0.3) is 0 Å². The third-order valence-electron chi connectivity index (χ3n) is 2.62. The van der Waals surface area contributed by atoms with Gasteiger partial charge >= 0.3 is 0 Å². The molecule has 0 radical (unpaired) electrons. The molecule has 3 heteroatoms. The maximum absolute atomic E-state index is 3.57. The van der Waals surface area contributed by atoms with Crippen molar-refractivity contribution in [1.82, 2.24) is 5.32 Å². The molecule has 0 saturated carbocycles. The van der Waals surface area contributed by atoms with E-state index in [-0.39, 0.29) is 0 Å². The summed E-state index contributed by atoms with van der Waals surface area (Å²) < 4.78 is 1.22. The molecular weight excluding hydrogens is 282 g/mol. The van der Waals surface area contributed by atoms with Gasteiger partial charge in [0.05, 0.1) is 3.79 Å². The molecular formula is C13H22BrNS. The first-order chi connectivity index (χ1) is 7.42. The Kier molecular flexibility index (Phi) is 5.48. The van der Waals surface area contributed by atoms with Gasteiger partial charge < -0.3 is 5.32 Å². The molecule has 1 aromatic heterocycles. The number of hydrogen-bond donors (Lipinski definition) is 1. The van der Waals surface area contributed by atoms with Gasteiger partial charge in [0.1, 0.15) is 0 Å². The summed E-state index contributed by atoms with van der Waals surface area (Å²) in [6.07, 6.45) is 2.46. The van der Waals surface area contributed by atoms with Crippen LogP contribution in [0.4, 0.5) is 0 Å². The lowest BCUT2D eigenvalue weighted by Crippen LogP contribution is -2.22. The molecule has 1 nitrogen and oxygen atoms in total. The van der Waals surface area contributed by atoms with E-state index in [0.29, 0.717) is 11.5 Å². The molecule has 0 aliphatic rings. The zero-order valence-corrected chi connectivity index (χ0v) is 13.0. The SMILES string of the molecule is CCNC(CCC(C)(C)C)c1csc(Br)c1. The maximum atomic E-state index is 3.57. The van der Waals surface area contributed by atoms with Gasteiger partial charge in [-0.25, -0.2) is 0 Å². The van der Waals surface area contributed by atoms with Crippen LogP contribution < -0.4 is 5.32 Å². The molecule has 92 valence electrons. The molecule has 1 heterocycles. The van der Waals surface area contributed by atoms with Crippen molar-refractivity contribution >= 4 is 27.3 Å². The van der Waals surface area contributed by atoms with Crippen molar-refractivity contribution in [2.45, 2.75) is 46.6 Å². The van der Waals surface area contributed by atoms with E-state index < -0.39 is 0 Å². The van der Waals surface area contributed by atoms with Gasteiger partial charge in [-0.15, -0.1) is 11.3 Å². The molecule has 0 fully saturated rings. The highest BCUT2D eigenvalue weighted by molar-refractivity contribution is 9.11. The molecule has 0 amide bonds. The van der Waals surface area contributed by atoms with E-state index >= 15 is 0 Å². The molecule has 16 heavy (non-hydrogen) atoms. The van der Waals surface area contributed by atoms with Crippen molar-refractivity contribution in [3.05, 3.63) is 20.8 Å². The van der Waals surface area contributed by atoms with Crippen LogP contribution in [0.3, 0.4) is 0 Å². The second-order valence-corrected chi connectivity index (χ2v) is 7.68. The van der Waals surface area contributed by atoms with E-state index in [1.165, 1.54) is 22.2 Å². The fraction of sp³-hybridized carbons (Fsp3) is 0.692. The Hall–Kier alpha value is 0.140. The standard InChI is InChI=1S/C13H22BrNS/c1-5-15-11(6-7-13(2,3)4)10-8-12(14)16-9-10/h8-9,11,15H,5-7H2,1-4H3. The minimum absolute atomic E-state index is 0.418. The first-order valence-electron chi connectivity index (χ1n) is 5.89. The molecule has 1 rings (SSSR count). The van der Waals surface area contributed by atoms with Crippen LogP contribution in [0.2, 0.25) is 0 Å². The lowest BCUT2D eigenvalue weighted by molar-refractivity contribution is 0.334. The van der Waals surface area contributed by atoms with Gasteiger partial charge in [-0.1, -0.05) is 27.7 Å². The van der Waals surface area contributed by atoms with E-state index in [1.54, 1.807) is 11.3 Å². The predicted octanol–water partition coefficient (Wildman–Crippen LogP) is 4.99. The number of hydrogen-bond acceptors (Lipinski definition) is 2. The highest BCUT2D eigenvalue weighted by Gasteiger charge is 2.16. The van der Waals surface area contributed by atoms with Crippen molar-refractivity contribution in [1.29, 1.82) is 0 Å². The summed E-state index contributed by atoms with van der Waals surface area (Å²) >= 11 is 5.30. The molecule has 1 N–H and O–H groups in total. The van der Waals surface area contributed by atoms with Gasteiger partial charge in [-0.05, 0) is 57.7 Å². The van der Waals surface area contributed by atoms with E-state index in [0.717, 1.165) is 6.54 Å². The fourth-order valence-corrected chi connectivity index (χ4v) is 2.95. The van der Waals surface area contributed by atoms with Gasteiger partial charge in [0.2, 0.25) is 0 Å². The Bertz CT molecular complexity index is 314. The van der Waals surface area contributed by atoms with Crippen molar-refractivity contribution in [2.24, 2.45) is 5.41 Å². The van der Waals surface area contributed by atoms with E-state index in [2.05, 4.69) is 60.4 Å². The summed E-state index contributed by atoms with van der Waals surface area (Å²) in [6.45, 7) is 10.1. The average Bonchev–Trinajstić information content (AvgIpc) is 2.57. The summed E-state index contributed by atoms with van der Waals surface area (Å²) in [7, 11) is 0. The second kappa shape index (κ2) is 6.18. The Morgan fingerprint density at radius 2 is 2.12 bits per heavy atom. The average molecular weight is 304 g/mol. The third kappa shape index (κ3) is 4.98. The Labute approximate surface area is 112 Å². The van der Waals surface area contributed by atoms with E-state index in [9.17, 15) is 0 Å². The summed E-state index contributed by atoms with van der Waals surface area (Å²) in [4.78, 5) is 0. The summed E-state index contributed by atoms with van der Waals surface area (Å²) in [6, 6.07) is 2.74. The van der Waals surface area contributed by atoms with Crippen molar-refractivity contribution in [3.63, 3.8) is 0 Å². The summed E-state index contributed by atoms with van der Waals surface area (Å²) in [5, 5.41) is 5.82. The minimum atomic E-state index is 0.418. The normalized spacial score (nSPS) is 14.1. The summed E-state index contributed by atoms with van der Waals surface area (Å²) in [5.41, 5.74) is 1.84. The zero-order chi connectivity index (χ0) is 12.2. The molecule has 0 bridgehead atoms. The number of rotatable bonds is 5. The number of nitrogens with one attached hydrogen (secondary N) is 1. The first-order valence-corrected chi connectivity index (χ1v) is 7.57. The monoisotopic (exact) mass is 303 g/mol. The second-order valence-electron chi connectivity index (χ2n) is 5.39. The van der Waals surface area contributed by atoms with Gasteiger partial charge in [-0.3, -0.25) is 0 Å². The quantitative estimate of drug-likeness (QED) is 0.808. The Balaban J connectivity index is 2.61. The maximum Gasteiger partial charge on any atom is 0.0701 e. The molecule has 1 unspecified atom stereocenters. The van der Waals surface area contributed by atoms with Crippen LogP contribution in [-0.4, -0.2) is 6.54 Å². The smallest absolute Gasteiger partial charge is 0.0701 e. The molecule has 1 aromatic rings. The lowest BCUT2D eigenvalue weighted by Gasteiger charge is -2.23. The molecule has 0 spiro atoms. The van der Waals surface area contributed by atoms with Crippen molar-refractivity contribution < 1.29 is 0 Å². The highest BCUT2D eigenvalue weighted by Crippen LogP contribution is 2.31. The molecule has 0 saturated heterocycles. The van der Waals surface area contributed by atoms with Crippen LogP contribution >= 0.6 is 27.3 Å². The van der Waals surface area contributed by atoms with Crippen molar-refractivity contribution in [3.8, 4) is 0 Å². The topological polar surface area (TPSA) is 12.0 Å². The first kappa shape index (κ1) is 14.2. The predicted molar refractivity (Wildman–Crippen MR) is 77.1 cm³/mol.